The topological polar surface area (TPSA) is 106 Å². The average Bonchev–Trinajstić information content (AvgIpc) is 3.06. The van der Waals surface area contributed by atoms with Crippen LogP contribution >= 0.6 is 12.2 Å². The number of carbonyl (C=O) groups is 2. The van der Waals surface area contributed by atoms with Crippen molar-refractivity contribution in [2.75, 3.05) is 49.1 Å². The molecule has 0 unspecified atom stereocenters. The van der Waals surface area contributed by atoms with Gasteiger partial charge in [0.1, 0.15) is 11.9 Å². The first-order chi connectivity index (χ1) is 13.8. The molecule has 0 aliphatic carbocycles. The summed E-state index contributed by atoms with van der Waals surface area (Å²) >= 11 is 4.94. The van der Waals surface area contributed by atoms with Gasteiger partial charge in [-0.25, -0.2) is 9.18 Å². The van der Waals surface area contributed by atoms with Crippen molar-refractivity contribution in [3.05, 3.63) is 24.0 Å². The number of aliphatic hydroxyl groups is 2. The molecule has 1 aromatic carbocycles. The van der Waals surface area contributed by atoms with Crippen molar-refractivity contribution in [1.82, 2.24) is 10.2 Å². The number of hydrogen-bond acceptors (Lipinski definition) is 7. The Balaban J connectivity index is 1.63. The Labute approximate surface area is 172 Å². The molecule has 11 heteroatoms. The lowest BCUT2D eigenvalue weighted by atomic mass is 10.2. The van der Waals surface area contributed by atoms with Crippen molar-refractivity contribution < 1.29 is 28.9 Å². The van der Waals surface area contributed by atoms with Crippen LogP contribution in [0.4, 0.5) is 20.6 Å². The van der Waals surface area contributed by atoms with Gasteiger partial charge in [-0.15, -0.1) is 0 Å². The van der Waals surface area contributed by atoms with Crippen molar-refractivity contribution in [2.24, 2.45) is 0 Å². The van der Waals surface area contributed by atoms with Gasteiger partial charge >= 0.3 is 6.09 Å². The molecular weight excluding hydrogens is 403 g/mol. The fraction of sp³-hybridized carbons (Fsp3) is 0.500. The van der Waals surface area contributed by atoms with Crippen LogP contribution < -0.4 is 15.1 Å². The van der Waals surface area contributed by atoms with Crippen molar-refractivity contribution in [3.8, 4) is 0 Å². The highest BCUT2D eigenvalue weighted by atomic mass is 32.1. The molecule has 0 radical (unpaired) electrons. The van der Waals surface area contributed by atoms with E-state index in [4.69, 9.17) is 27.2 Å². The number of amides is 2. The molecule has 2 amide bonds. The molecule has 2 saturated heterocycles. The predicted molar refractivity (Wildman–Crippen MR) is 107 cm³/mol. The molecule has 0 aromatic heterocycles. The summed E-state index contributed by atoms with van der Waals surface area (Å²) < 4.78 is 20.0. The van der Waals surface area contributed by atoms with Crippen LogP contribution in [0.25, 0.3) is 0 Å². The van der Waals surface area contributed by atoms with Crippen LogP contribution in [0.5, 0.6) is 0 Å². The fourth-order valence-corrected chi connectivity index (χ4v) is 3.43. The van der Waals surface area contributed by atoms with Gasteiger partial charge in [0.2, 0.25) is 6.29 Å². The van der Waals surface area contributed by atoms with Gasteiger partial charge in [0, 0.05) is 26.2 Å². The zero-order chi connectivity index (χ0) is 21.1. The standard InChI is InChI=1S/C18H23FN4O5S/c1-11(29)20-9-13-10-23(18(27)28-13)12-2-3-15(14(19)8-12)21-4-6-22(7-5-21)16(24)17(25)26/h2-3,8,13,17,25-26H,4-7,9-10H2,1H3,(H,20,29)/t13-/m0/s1. The van der Waals surface area contributed by atoms with Crippen LogP contribution in [0.3, 0.4) is 0 Å². The van der Waals surface area contributed by atoms with Gasteiger partial charge < -0.3 is 30.1 Å². The Morgan fingerprint density at radius 1 is 1.34 bits per heavy atom. The lowest BCUT2D eigenvalue weighted by Gasteiger charge is -2.36. The average molecular weight is 426 g/mol. The molecular formula is C18H23FN4O5S. The molecule has 2 aliphatic heterocycles. The third-order valence-corrected chi connectivity index (χ3v) is 4.99. The lowest BCUT2D eigenvalue weighted by molar-refractivity contribution is -0.159. The second kappa shape index (κ2) is 8.89. The number of cyclic esters (lactones) is 1. The Kier molecular flexibility index (Phi) is 6.50. The number of nitrogens with one attached hydrogen (secondary N) is 1. The van der Waals surface area contributed by atoms with Crippen LogP contribution in [0.2, 0.25) is 0 Å². The highest BCUT2D eigenvalue weighted by molar-refractivity contribution is 7.80. The summed E-state index contributed by atoms with van der Waals surface area (Å²) in [6, 6.07) is 4.52. The van der Waals surface area contributed by atoms with Gasteiger partial charge in [0.25, 0.3) is 5.91 Å². The number of anilines is 2. The maximum absolute atomic E-state index is 14.7. The molecule has 1 atom stereocenters. The number of ether oxygens (including phenoxy) is 1. The summed E-state index contributed by atoms with van der Waals surface area (Å²) in [5.41, 5.74) is 0.752. The Hall–Kier alpha value is -2.50. The highest BCUT2D eigenvalue weighted by Gasteiger charge is 2.33. The van der Waals surface area contributed by atoms with Crippen molar-refractivity contribution in [3.63, 3.8) is 0 Å². The van der Waals surface area contributed by atoms with Crippen molar-refractivity contribution in [2.45, 2.75) is 19.3 Å². The number of aliphatic hydroxyl groups excluding tert-OH is 1. The second-order valence-corrected chi connectivity index (χ2v) is 7.49. The van der Waals surface area contributed by atoms with Gasteiger partial charge in [-0.3, -0.25) is 9.69 Å². The number of nitrogens with zero attached hydrogens (tertiary/aromatic N) is 3. The zero-order valence-corrected chi connectivity index (χ0v) is 16.7. The van der Waals surface area contributed by atoms with E-state index in [1.807, 2.05) is 0 Å². The van der Waals surface area contributed by atoms with Gasteiger partial charge in [0.15, 0.2) is 0 Å². The van der Waals surface area contributed by atoms with Crippen molar-refractivity contribution >= 4 is 40.6 Å². The number of rotatable bonds is 5. The van der Waals surface area contributed by atoms with E-state index in [2.05, 4.69) is 5.32 Å². The minimum absolute atomic E-state index is 0.254. The van der Waals surface area contributed by atoms with Crippen LogP contribution in [-0.2, 0) is 9.53 Å². The number of carbonyl (C=O) groups excluding carboxylic acids is 2. The minimum atomic E-state index is -2.04. The number of piperazine rings is 1. The molecule has 3 rings (SSSR count). The molecule has 3 N–H and O–H groups in total. The van der Waals surface area contributed by atoms with E-state index in [1.54, 1.807) is 24.0 Å². The maximum atomic E-state index is 14.7. The number of thiocarbonyl (C=S) groups is 1. The maximum Gasteiger partial charge on any atom is 0.414 e. The smallest absolute Gasteiger partial charge is 0.414 e. The van der Waals surface area contributed by atoms with Gasteiger partial charge in [-0.05, 0) is 25.1 Å². The lowest BCUT2D eigenvalue weighted by Crippen LogP contribution is -2.51. The second-order valence-electron chi connectivity index (χ2n) is 6.88. The van der Waals surface area contributed by atoms with Gasteiger partial charge in [-0.1, -0.05) is 12.2 Å². The first kappa shape index (κ1) is 21.2. The number of benzene rings is 1. The van der Waals surface area contributed by atoms with E-state index in [0.29, 0.717) is 36.0 Å². The van der Waals surface area contributed by atoms with Crippen molar-refractivity contribution in [1.29, 1.82) is 0 Å². The van der Waals surface area contributed by atoms with Crippen LogP contribution in [0, 0.1) is 5.82 Å². The molecule has 2 aliphatic rings. The van der Waals surface area contributed by atoms with Gasteiger partial charge in [-0.2, -0.15) is 0 Å². The molecule has 0 saturated carbocycles. The molecule has 0 spiro atoms. The largest absolute Gasteiger partial charge is 0.442 e. The Morgan fingerprint density at radius 2 is 2.03 bits per heavy atom. The van der Waals surface area contributed by atoms with E-state index in [0.717, 1.165) is 0 Å². The minimum Gasteiger partial charge on any atom is -0.442 e. The molecule has 158 valence electrons. The summed E-state index contributed by atoms with van der Waals surface area (Å²) in [4.78, 5) is 28.8. The van der Waals surface area contributed by atoms with E-state index >= 15 is 0 Å². The van der Waals surface area contributed by atoms with E-state index in [9.17, 15) is 14.0 Å². The van der Waals surface area contributed by atoms with E-state index < -0.39 is 24.1 Å². The predicted octanol–water partition coefficient (Wildman–Crippen LogP) is 0.0471. The molecule has 2 fully saturated rings. The van der Waals surface area contributed by atoms with Crippen LogP contribution in [0.1, 0.15) is 6.92 Å². The van der Waals surface area contributed by atoms with Gasteiger partial charge in [0.05, 0.1) is 29.5 Å². The summed E-state index contributed by atoms with van der Waals surface area (Å²) in [7, 11) is 0. The summed E-state index contributed by atoms with van der Waals surface area (Å²) in [6.07, 6.45) is -2.96. The summed E-state index contributed by atoms with van der Waals surface area (Å²) in [5, 5.41) is 20.9. The molecule has 0 bridgehead atoms. The number of hydrogen-bond donors (Lipinski definition) is 3. The monoisotopic (exact) mass is 426 g/mol. The first-order valence-electron chi connectivity index (χ1n) is 9.18. The Morgan fingerprint density at radius 3 is 2.62 bits per heavy atom. The third kappa shape index (κ3) is 4.92. The first-order valence-corrected chi connectivity index (χ1v) is 9.59. The van der Waals surface area contributed by atoms with E-state index in [1.165, 1.54) is 15.9 Å². The van der Waals surface area contributed by atoms with E-state index in [-0.39, 0.29) is 25.7 Å². The number of halogens is 1. The molecule has 9 nitrogen and oxygen atoms in total. The van der Waals surface area contributed by atoms with Crippen LogP contribution in [0.15, 0.2) is 18.2 Å². The normalized spacial score (nSPS) is 19.6. The molecule has 2 heterocycles. The van der Waals surface area contributed by atoms with Crippen LogP contribution in [-0.4, -0.2) is 83.8 Å². The Bertz CT molecular complexity index is 800. The fourth-order valence-electron chi connectivity index (χ4n) is 3.35. The molecule has 29 heavy (non-hydrogen) atoms. The quantitative estimate of drug-likeness (QED) is 0.448. The molecule has 1 aromatic rings. The SMILES string of the molecule is CC(=S)NC[C@H]1CN(c2ccc(N3CCN(C(=O)C(O)O)CC3)c(F)c2)C(=O)O1. The third-order valence-electron chi connectivity index (χ3n) is 4.85. The zero-order valence-electron chi connectivity index (χ0n) is 15.9. The highest BCUT2D eigenvalue weighted by Crippen LogP contribution is 2.28. The summed E-state index contributed by atoms with van der Waals surface area (Å²) in [6.45, 7) is 3.63. The summed E-state index contributed by atoms with van der Waals surface area (Å²) in [5.74, 6) is -1.26.